The zero-order chi connectivity index (χ0) is 24.1. The molecule has 1 aromatic heterocycles. The second-order valence-corrected chi connectivity index (χ2v) is 8.77. The summed E-state index contributed by atoms with van der Waals surface area (Å²) in [4.78, 5) is 29.0. The summed E-state index contributed by atoms with van der Waals surface area (Å²) in [5.74, 6) is -0.966. The molecule has 0 aliphatic heterocycles. The third kappa shape index (κ3) is 6.35. The molecule has 3 atom stereocenters. The smallest absolute Gasteiger partial charge is 0.328 e. The van der Waals surface area contributed by atoms with Gasteiger partial charge in [-0.3, -0.25) is 4.79 Å². The molecule has 0 saturated heterocycles. The summed E-state index contributed by atoms with van der Waals surface area (Å²) >= 11 is 0. The SMILES string of the molecule is COc1ccnc(C(=O)N[C@@H](C)C(=O)O[C@@H](C)[C@H](Oc2ccc(C)cc2)C(C)(C)C)c1O. The van der Waals surface area contributed by atoms with Gasteiger partial charge < -0.3 is 24.6 Å². The highest BCUT2D eigenvalue weighted by Gasteiger charge is 2.35. The fraction of sp³-hybridized carbons (Fsp3) is 0.458. The number of carbonyl (C=O) groups is 2. The van der Waals surface area contributed by atoms with Crippen LogP contribution in [0.4, 0.5) is 0 Å². The molecular weight excluding hydrogens is 412 g/mol. The van der Waals surface area contributed by atoms with E-state index < -0.39 is 35.9 Å². The Hall–Kier alpha value is -3.29. The van der Waals surface area contributed by atoms with Crippen molar-refractivity contribution in [2.45, 2.75) is 59.8 Å². The zero-order valence-corrected chi connectivity index (χ0v) is 19.6. The maximum atomic E-state index is 12.7. The number of aryl methyl sites for hydroxylation is 1. The van der Waals surface area contributed by atoms with Crippen molar-refractivity contribution >= 4 is 11.9 Å². The first-order valence-electron chi connectivity index (χ1n) is 10.4. The monoisotopic (exact) mass is 444 g/mol. The Morgan fingerprint density at radius 1 is 1.09 bits per heavy atom. The number of amides is 1. The van der Waals surface area contributed by atoms with Crippen LogP contribution in [-0.4, -0.2) is 47.3 Å². The third-order valence-corrected chi connectivity index (χ3v) is 4.89. The van der Waals surface area contributed by atoms with E-state index in [9.17, 15) is 14.7 Å². The van der Waals surface area contributed by atoms with Crippen LogP contribution in [0, 0.1) is 12.3 Å². The number of methoxy groups -OCH3 is 1. The van der Waals surface area contributed by atoms with Crippen LogP contribution < -0.4 is 14.8 Å². The molecule has 1 amide bonds. The van der Waals surface area contributed by atoms with Crippen LogP contribution in [0.5, 0.6) is 17.2 Å². The van der Waals surface area contributed by atoms with E-state index in [-0.39, 0.29) is 16.9 Å². The minimum Gasteiger partial charge on any atom is -0.503 e. The van der Waals surface area contributed by atoms with Crippen molar-refractivity contribution in [2.75, 3.05) is 7.11 Å². The van der Waals surface area contributed by atoms with E-state index in [4.69, 9.17) is 14.2 Å². The zero-order valence-electron chi connectivity index (χ0n) is 19.6. The Labute approximate surface area is 188 Å². The number of hydrogen-bond donors (Lipinski definition) is 2. The van der Waals surface area contributed by atoms with Gasteiger partial charge in [0.25, 0.3) is 5.91 Å². The van der Waals surface area contributed by atoms with Gasteiger partial charge in [-0.25, -0.2) is 9.78 Å². The van der Waals surface area contributed by atoms with E-state index in [2.05, 4.69) is 10.3 Å². The number of hydrogen-bond acceptors (Lipinski definition) is 7. The van der Waals surface area contributed by atoms with Gasteiger partial charge in [0.2, 0.25) is 0 Å². The number of esters is 1. The van der Waals surface area contributed by atoms with E-state index in [1.807, 2.05) is 52.0 Å². The van der Waals surface area contributed by atoms with Crippen LogP contribution >= 0.6 is 0 Å². The quantitative estimate of drug-likeness (QED) is 0.599. The lowest BCUT2D eigenvalue weighted by Gasteiger charge is -2.35. The van der Waals surface area contributed by atoms with Gasteiger partial charge in [0.15, 0.2) is 17.2 Å². The van der Waals surface area contributed by atoms with E-state index >= 15 is 0 Å². The van der Waals surface area contributed by atoms with Crippen molar-refractivity contribution in [1.82, 2.24) is 10.3 Å². The lowest BCUT2D eigenvalue weighted by atomic mass is 9.86. The Bertz CT molecular complexity index is 936. The van der Waals surface area contributed by atoms with Crippen molar-refractivity contribution in [2.24, 2.45) is 5.41 Å². The molecule has 0 saturated carbocycles. The van der Waals surface area contributed by atoms with Gasteiger partial charge in [-0.05, 0) is 32.9 Å². The Morgan fingerprint density at radius 3 is 2.28 bits per heavy atom. The van der Waals surface area contributed by atoms with E-state index in [1.165, 1.54) is 26.3 Å². The number of nitrogens with zero attached hydrogens (tertiary/aromatic N) is 1. The number of rotatable bonds is 8. The first kappa shape index (κ1) is 25.0. The molecule has 8 nitrogen and oxygen atoms in total. The number of ether oxygens (including phenoxy) is 3. The second-order valence-electron chi connectivity index (χ2n) is 8.77. The molecular formula is C24H32N2O6. The number of nitrogens with one attached hydrogen (secondary N) is 1. The molecule has 1 aromatic carbocycles. The standard InChI is InChI=1S/C24H32N2O6/c1-14-8-10-17(11-9-14)32-21(24(4,5)6)16(3)31-23(29)15(2)26-22(28)19-20(27)18(30-7)12-13-25-19/h8-13,15-16,21,27H,1-7H3,(H,26,28)/t15-,16-,21-/m0/s1. The van der Waals surface area contributed by atoms with Gasteiger partial charge in [0, 0.05) is 17.7 Å². The van der Waals surface area contributed by atoms with Gasteiger partial charge in [0.1, 0.15) is 24.0 Å². The van der Waals surface area contributed by atoms with Crippen LogP contribution in [0.25, 0.3) is 0 Å². The first-order chi connectivity index (χ1) is 14.9. The topological polar surface area (TPSA) is 107 Å². The first-order valence-corrected chi connectivity index (χ1v) is 10.4. The Morgan fingerprint density at radius 2 is 1.72 bits per heavy atom. The maximum Gasteiger partial charge on any atom is 0.328 e. The predicted molar refractivity (Wildman–Crippen MR) is 120 cm³/mol. The molecule has 2 rings (SSSR count). The van der Waals surface area contributed by atoms with Crippen molar-refractivity contribution in [3.63, 3.8) is 0 Å². The summed E-state index contributed by atoms with van der Waals surface area (Å²) in [6.07, 6.45) is 0.308. The van der Waals surface area contributed by atoms with Crippen molar-refractivity contribution in [1.29, 1.82) is 0 Å². The second kappa shape index (κ2) is 10.3. The Kier molecular flexibility index (Phi) is 8.08. The minimum absolute atomic E-state index is 0.107. The summed E-state index contributed by atoms with van der Waals surface area (Å²) < 4.78 is 16.7. The Balaban J connectivity index is 2.06. The fourth-order valence-corrected chi connectivity index (χ4v) is 3.18. The van der Waals surface area contributed by atoms with Crippen molar-refractivity contribution < 1.29 is 28.9 Å². The van der Waals surface area contributed by atoms with Crippen molar-refractivity contribution in [3.05, 3.63) is 47.8 Å². The third-order valence-electron chi connectivity index (χ3n) is 4.89. The number of aromatic nitrogens is 1. The largest absolute Gasteiger partial charge is 0.503 e. The molecule has 0 radical (unpaired) electrons. The van der Waals surface area contributed by atoms with Crippen molar-refractivity contribution in [3.8, 4) is 17.2 Å². The van der Waals surface area contributed by atoms with Crippen LogP contribution in [-0.2, 0) is 9.53 Å². The molecule has 174 valence electrons. The average molecular weight is 445 g/mol. The number of aromatic hydroxyl groups is 1. The van der Waals surface area contributed by atoms with E-state index in [0.717, 1.165) is 5.56 Å². The molecule has 0 bridgehead atoms. The lowest BCUT2D eigenvalue weighted by molar-refractivity contribution is -0.158. The molecule has 0 fully saturated rings. The average Bonchev–Trinajstić information content (AvgIpc) is 2.72. The maximum absolute atomic E-state index is 12.7. The van der Waals surface area contributed by atoms with Gasteiger partial charge in [-0.15, -0.1) is 0 Å². The highest BCUT2D eigenvalue weighted by molar-refractivity contribution is 5.97. The lowest BCUT2D eigenvalue weighted by Crippen LogP contribution is -2.47. The normalized spacial score (nSPS) is 14.1. The number of benzene rings is 1. The number of pyridine rings is 1. The van der Waals surface area contributed by atoms with Gasteiger partial charge in [-0.2, -0.15) is 0 Å². The molecule has 1 heterocycles. The fourth-order valence-electron chi connectivity index (χ4n) is 3.18. The molecule has 32 heavy (non-hydrogen) atoms. The van der Waals surface area contributed by atoms with Crippen LogP contribution in [0.15, 0.2) is 36.5 Å². The van der Waals surface area contributed by atoms with Gasteiger partial charge in [-0.1, -0.05) is 38.5 Å². The van der Waals surface area contributed by atoms with E-state index in [1.54, 1.807) is 6.92 Å². The summed E-state index contributed by atoms with van der Waals surface area (Å²) in [7, 11) is 1.36. The molecule has 2 N–H and O–H groups in total. The molecule has 0 aliphatic rings. The minimum atomic E-state index is -0.975. The summed E-state index contributed by atoms with van der Waals surface area (Å²) in [6.45, 7) is 11.2. The molecule has 8 heteroatoms. The summed E-state index contributed by atoms with van der Waals surface area (Å²) in [6, 6.07) is 8.10. The number of carbonyl (C=O) groups excluding carboxylic acids is 2. The van der Waals surface area contributed by atoms with Gasteiger partial charge in [0.05, 0.1) is 7.11 Å². The van der Waals surface area contributed by atoms with Crippen LogP contribution in [0.1, 0.15) is 50.7 Å². The highest BCUT2D eigenvalue weighted by Crippen LogP contribution is 2.29. The molecule has 0 unspecified atom stereocenters. The predicted octanol–water partition coefficient (Wildman–Crippen LogP) is 3.65. The van der Waals surface area contributed by atoms with E-state index in [0.29, 0.717) is 5.75 Å². The van der Waals surface area contributed by atoms with Gasteiger partial charge >= 0.3 is 5.97 Å². The van der Waals surface area contributed by atoms with Crippen LogP contribution in [0.3, 0.4) is 0 Å². The molecule has 0 spiro atoms. The molecule has 0 aliphatic carbocycles. The summed E-state index contributed by atoms with van der Waals surface area (Å²) in [5, 5.41) is 12.6. The highest BCUT2D eigenvalue weighted by atomic mass is 16.6. The van der Waals surface area contributed by atoms with Crippen LogP contribution in [0.2, 0.25) is 0 Å². The summed E-state index contributed by atoms with van der Waals surface area (Å²) in [5.41, 5.74) is 0.547. The molecule has 2 aromatic rings.